The van der Waals surface area contributed by atoms with E-state index in [2.05, 4.69) is 51.9 Å². The molecule has 0 aromatic carbocycles. The lowest BCUT2D eigenvalue weighted by Gasteiger charge is -2.46. The Kier molecular flexibility index (Phi) is 3.67. The van der Waals surface area contributed by atoms with Gasteiger partial charge in [0.05, 0.1) is 11.6 Å². The van der Waals surface area contributed by atoms with Crippen LogP contribution in [0, 0.1) is 0 Å². The van der Waals surface area contributed by atoms with E-state index in [9.17, 15) is 0 Å². The maximum Gasteiger partial charge on any atom is 0.106 e. The molecule has 0 aliphatic carbocycles. The first-order chi connectivity index (χ1) is 9.15. The van der Waals surface area contributed by atoms with Crippen molar-refractivity contribution in [2.45, 2.75) is 50.3 Å². The third-order valence-corrected chi connectivity index (χ3v) is 5.35. The van der Waals surface area contributed by atoms with Crippen molar-refractivity contribution in [2.24, 2.45) is 0 Å². The third-order valence-electron chi connectivity index (χ3n) is 4.88. The molecule has 2 aliphatic rings. The van der Waals surface area contributed by atoms with Crippen LogP contribution in [-0.4, -0.2) is 35.7 Å². The van der Waals surface area contributed by atoms with Crippen molar-refractivity contribution >= 4 is 15.9 Å². The molecule has 0 spiro atoms. The van der Waals surface area contributed by atoms with Gasteiger partial charge in [-0.3, -0.25) is 4.90 Å². The van der Waals surface area contributed by atoms with E-state index in [0.29, 0.717) is 12.1 Å². The summed E-state index contributed by atoms with van der Waals surface area (Å²) >= 11 is 3.42. The van der Waals surface area contributed by atoms with Crippen molar-refractivity contribution in [3.8, 4) is 0 Å². The van der Waals surface area contributed by atoms with E-state index in [1.807, 2.05) is 6.20 Å². The van der Waals surface area contributed by atoms with Crippen molar-refractivity contribution in [3.05, 3.63) is 28.5 Å². The molecule has 3 heterocycles. The second kappa shape index (κ2) is 5.15. The quantitative estimate of drug-likeness (QED) is 0.797. The van der Waals surface area contributed by atoms with Crippen molar-refractivity contribution in [1.29, 1.82) is 0 Å². The van der Waals surface area contributed by atoms with Gasteiger partial charge in [-0.2, -0.15) is 0 Å². The van der Waals surface area contributed by atoms with Gasteiger partial charge in [-0.25, -0.2) is 4.98 Å². The number of halogens is 1. The second-order valence-corrected chi connectivity index (χ2v) is 6.53. The summed E-state index contributed by atoms with van der Waals surface area (Å²) in [5.74, 6) is 0. The molecular formula is C15H21BrN2O. The molecule has 3 unspecified atom stereocenters. The highest BCUT2D eigenvalue weighted by Crippen LogP contribution is 2.50. The van der Waals surface area contributed by atoms with Crippen LogP contribution >= 0.6 is 15.9 Å². The summed E-state index contributed by atoms with van der Waals surface area (Å²) in [6, 6.07) is 4.92. The molecule has 104 valence electrons. The number of ether oxygens (including phenoxy) is 1. The number of rotatable bonds is 3. The molecule has 19 heavy (non-hydrogen) atoms. The SMILES string of the molecule is CCOC1CC2CCC(c3ccc(Br)nc3)(C1)N2C. The monoisotopic (exact) mass is 324 g/mol. The Labute approximate surface area is 123 Å². The van der Waals surface area contributed by atoms with Gasteiger partial charge in [0, 0.05) is 18.8 Å². The average molecular weight is 325 g/mol. The molecule has 3 atom stereocenters. The predicted molar refractivity (Wildman–Crippen MR) is 79.0 cm³/mol. The fourth-order valence-electron chi connectivity index (χ4n) is 3.89. The summed E-state index contributed by atoms with van der Waals surface area (Å²) in [4.78, 5) is 6.98. The summed E-state index contributed by atoms with van der Waals surface area (Å²) < 4.78 is 6.83. The molecule has 0 amide bonds. The summed E-state index contributed by atoms with van der Waals surface area (Å²) in [6.07, 6.45) is 7.19. The first-order valence-corrected chi connectivity index (χ1v) is 7.91. The zero-order chi connectivity index (χ0) is 13.5. The van der Waals surface area contributed by atoms with E-state index in [4.69, 9.17) is 4.74 Å². The van der Waals surface area contributed by atoms with E-state index in [1.165, 1.54) is 24.8 Å². The molecular weight excluding hydrogens is 304 g/mol. The Bertz CT molecular complexity index is 450. The van der Waals surface area contributed by atoms with Crippen molar-refractivity contribution in [1.82, 2.24) is 9.88 Å². The molecule has 2 bridgehead atoms. The van der Waals surface area contributed by atoms with Crippen LogP contribution in [0.25, 0.3) is 0 Å². The topological polar surface area (TPSA) is 25.4 Å². The van der Waals surface area contributed by atoms with Crippen molar-refractivity contribution in [3.63, 3.8) is 0 Å². The zero-order valence-corrected chi connectivity index (χ0v) is 13.2. The first kappa shape index (κ1) is 13.5. The van der Waals surface area contributed by atoms with Gasteiger partial charge in [0.2, 0.25) is 0 Å². The Hall–Kier alpha value is -0.450. The maximum absolute atomic E-state index is 5.93. The van der Waals surface area contributed by atoms with E-state index < -0.39 is 0 Å². The highest BCUT2D eigenvalue weighted by atomic mass is 79.9. The van der Waals surface area contributed by atoms with E-state index >= 15 is 0 Å². The molecule has 0 radical (unpaired) electrons. The Balaban J connectivity index is 1.93. The maximum atomic E-state index is 5.93. The number of hydrogen-bond donors (Lipinski definition) is 0. The number of hydrogen-bond acceptors (Lipinski definition) is 3. The van der Waals surface area contributed by atoms with Gasteiger partial charge in [0.25, 0.3) is 0 Å². The van der Waals surface area contributed by atoms with Gasteiger partial charge in [-0.05, 0) is 67.2 Å². The van der Waals surface area contributed by atoms with Gasteiger partial charge in [-0.1, -0.05) is 6.07 Å². The standard InChI is InChI=1S/C15H21BrN2O/c1-3-19-13-8-12-6-7-15(9-13,18(12)2)11-4-5-14(16)17-10-11/h4-5,10,12-13H,3,6-9H2,1-2H3. The van der Waals surface area contributed by atoms with Crippen molar-refractivity contribution < 1.29 is 4.74 Å². The van der Waals surface area contributed by atoms with Crippen LogP contribution in [0.1, 0.15) is 38.2 Å². The normalized spacial score (nSPS) is 34.7. The van der Waals surface area contributed by atoms with Crippen LogP contribution in [0.4, 0.5) is 0 Å². The van der Waals surface area contributed by atoms with Gasteiger partial charge in [-0.15, -0.1) is 0 Å². The molecule has 2 saturated heterocycles. The van der Waals surface area contributed by atoms with Crippen LogP contribution < -0.4 is 0 Å². The molecule has 1 aromatic rings. The number of aromatic nitrogens is 1. The fourth-order valence-corrected chi connectivity index (χ4v) is 4.12. The minimum absolute atomic E-state index is 0.135. The molecule has 3 rings (SSSR count). The molecule has 2 fully saturated rings. The smallest absolute Gasteiger partial charge is 0.106 e. The summed E-state index contributed by atoms with van der Waals surface area (Å²) in [5.41, 5.74) is 1.47. The first-order valence-electron chi connectivity index (χ1n) is 7.12. The summed E-state index contributed by atoms with van der Waals surface area (Å²) in [7, 11) is 2.27. The van der Waals surface area contributed by atoms with Crippen LogP contribution in [0.5, 0.6) is 0 Å². The Morgan fingerprint density at radius 1 is 1.53 bits per heavy atom. The zero-order valence-electron chi connectivity index (χ0n) is 11.6. The van der Waals surface area contributed by atoms with Gasteiger partial charge in [0.15, 0.2) is 0 Å². The lowest BCUT2D eigenvalue weighted by atomic mass is 9.81. The average Bonchev–Trinajstić information content (AvgIpc) is 2.61. The van der Waals surface area contributed by atoms with Crippen LogP contribution in [0.2, 0.25) is 0 Å². The van der Waals surface area contributed by atoms with Crippen LogP contribution in [-0.2, 0) is 10.3 Å². The largest absolute Gasteiger partial charge is 0.378 e. The molecule has 2 aliphatic heterocycles. The number of piperidine rings is 1. The Morgan fingerprint density at radius 2 is 2.37 bits per heavy atom. The fraction of sp³-hybridized carbons (Fsp3) is 0.667. The van der Waals surface area contributed by atoms with Gasteiger partial charge >= 0.3 is 0 Å². The van der Waals surface area contributed by atoms with E-state index in [0.717, 1.165) is 17.6 Å². The lowest BCUT2D eigenvalue weighted by molar-refractivity contribution is -0.0445. The molecule has 4 heteroatoms. The Morgan fingerprint density at radius 3 is 3.05 bits per heavy atom. The summed E-state index contributed by atoms with van der Waals surface area (Å²) in [6.45, 7) is 2.91. The van der Waals surface area contributed by atoms with E-state index in [-0.39, 0.29) is 5.54 Å². The third kappa shape index (κ3) is 2.24. The molecule has 1 aromatic heterocycles. The number of fused-ring (bicyclic) bond motifs is 2. The van der Waals surface area contributed by atoms with Gasteiger partial charge < -0.3 is 4.74 Å². The minimum Gasteiger partial charge on any atom is -0.378 e. The number of nitrogens with zero attached hydrogens (tertiary/aromatic N) is 2. The highest BCUT2D eigenvalue weighted by Gasteiger charge is 2.51. The number of pyridine rings is 1. The van der Waals surface area contributed by atoms with E-state index in [1.54, 1.807) is 0 Å². The molecule has 3 nitrogen and oxygen atoms in total. The molecule has 0 saturated carbocycles. The summed E-state index contributed by atoms with van der Waals surface area (Å²) in [5, 5.41) is 0. The van der Waals surface area contributed by atoms with Crippen LogP contribution in [0.3, 0.4) is 0 Å². The predicted octanol–water partition coefficient (Wildman–Crippen LogP) is 3.33. The lowest BCUT2D eigenvalue weighted by Crippen LogP contribution is -2.50. The van der Waals surface area contributed by atoms with Gasteiger partial charge in [0.1, 0.15) is 4.60 Å². The second-order valence-electron chi connectivity index (χ2n) is 5.72. The minimum atomic E-state index is 0.135. The van der Waals surface area contributed by atoms with Crippen molar-refractivity contribution in [2.75, 3.05) is 13.7 Å². The molecule has 0 N–H and O–H groups in total. The highest BCUT2D eigenvalue weighted by molar-refractivity contribution is 9.10. The van der Waals surface area contributed by atoms with Crippen LogP contribution in [0.15, 0.2) is 22.9 Å².